The van der Waals surface area contributed by atoms with Gasteiger partial charge in [0.1, 0.15) is 12.7 Å². The lowest BCUT2D eigenvalue weighted by atomic mass is 10.2. The Morgan fingerprint density at radius 1 is 1.67 bits per heavy atom. The van der Waals surface area contributed by atoms with Gasteiger partial charge in [0.05, 0.1) is 6.54 Å². The predicted molar refractivity (Wildman–Crippen MR) is 49.0 cm³/mol. The van der Waals surface area contributed by atoms with E-state index in [9.17, 15) is 13.6 Å². The maximum Gasteiger partial charge on any atom is 0.329 e. The van der Waals surface area contributed by atoms with E-state index in [2.05, 4.69) is 4.74 Å². The predicted octanol–water partition coefficient (Wildman–Crippen LogP) is 0.816. The minimum atomic E-state index is -2.96. The SMILES string of the molecule is CC(C)N1CC(OCC(=O)O)C(F)(F)C1. The number of carbonyl (C=O) groups is 1. The molecular weight excluding hydrogens is 208 g/mol. The number of alkyl halides is 2. The van der Waals surface area contributed by atoms with Gasteiger partial charge in [0.25, 0.3) is 5.92 Å². The molecule has 0 radical (unpaired) electrons. The van der Waals surface area contributed by atoms with Crippen molar-refractivity contribution in [2.45, 2.75) is 31.9 Å². The lowest BCUT2D eigenvalue weighted by molar-refractivity contribution is -0.152. The fraction of sp³-hybridized carbons (Fsp3) is 0.889. The molecule has 0 spiro atoms. The third kappa shape index (κ3) is 3.10. The van der Waals surface area contributed by atoms with Crippen LogP contribution in [0.2, 0.25) is 0 Å². The Morgan fingerprint density at radius 3 is 2.67 bits per heavy atom. The zero-order valence-corrected chi connectivity index (χ0v) is 8.74. The van der Waals surface area contributed by atoms with Crippen molar-refractivity contribution in [3.63, 3.8) is 0 Å². The molecule has 1 aliphatic heterocycles. The number of likely N-dealkylation sites (tertiary alicyclic amines) is 1. The molecule has 1 rings (SSSR count). The summed E-state index contributed by atoms with van der Waals surface area (Å²) in [5.74, 6) is -4.19. The van der Waals surface area contributed by atoms with Crippen molar-refractivity contribution < 1.29 is 23.4 Å². The number of nitrogens with zero attached hydrogens (tertiary/aromatic N) is 1. The lowest BCUT2D eigenvalue weighted by Crippen LogP contribution is -2.35. The molecule has 1 aliphatic rings. The molecule has 1 N–H and O–H groups in total. The Labute approximate surface area is 86.8 Å². The van der Waals surface area contributed by atoms with Crippen molar-refractivity contribution >= 4 is 5.97 Å². The topological polar surface area (TPSA) is 49.8 Å². The summed E-state index contributed by atoms with van der Waals surface area (Å²) in [5, 5.41) is 8.34. The highest BCUT2D eigenvalue weighted by molar-refractivity contribution is 5.68. The summed E-state index contributed by atoms with van der Waals surface area (Å²) in [6.07, 6.45) is -1.31. The molecular formula is C9H15F2NO3. The van der Waals surface area contributed by atoms with Crippen molar-refractivity contribution in [2.24, 2.45) is 0 Å². The van der Waals surface area contributed by atoms with Crippen LogP contribution in [0, 0.1) is 0 Å². The maximum atomic E-state index is 13.3. The Hall–Kier alpha value is -0.750. The van der Waals surface area contributed by atoms with Gasteiger partial charge in [-0.05, 0) is 13.8 Å². The van der Waals surface area contributed by atoms with Gasteiger partial charge >= 0.3 is 5.97 Å². The maximum absolute atomic E-state index is 13.3. The van der Waals surface area contributed by atoms with E-state index in [1.54, 1.807) is 4.90 Å². The summed E-state index contributed by atoms with van der Waals surface area (Å²) in [7, 11) is 0. The van der Waals surface area contributed by atoms with Crippen molar-refractivity contribution in [3.8, 4) is 0 Å². The van der Waals surface area contributed by atoms with Gasteiger partial charge in [0.15, 0.2) is 0 Å². The second-order valence-electron chi connectivity index (χ2n) is 3.98. The Bertz CT molecular complexity index is 246. The van der Waals surface area contributed by atoms with Crippen LogP contribution >= 0.6 is 0 Å². The molecule has 1 heterocycles. The molecule has 0 saturated carbocycles. The molecule has 4 nitrogen and oxygen atoms in total. The molecule has 15 heavy (non-hydrogen) atoms. The van der Waals surface area contributed by atoms with E-state index in [0.717, 1.165) is 0 Å². The number of carboxylic acids is 1. The van der Waals surface area contributed by atoms with Crippen LogP contribution in [0.15, 0.2) is 0 Å². The van der Waals surface area contributed by atoms with Gasteiger partial charge in [-0.2, -0.15) is 0 Å². The summed E-state index contributed by atoms with van der Waals surface area (Å²) in [6, 6.07) is 0.00861. The summed E-state index contributed by atoms with van der Waals surface area (Å²) in [4.78, 5) is 11.8. The van der Waals surface area contributed by atoms with Gasteiger partial charge in [-0.25, -0.2) is 13.6 Å². The highest BCUT2D eigenvalue weighted by Gasteiger charge is 2.49. The molecule has 0 aromatic rings. The quantitative estimate of drug-likeness (QED) is 0.766. The smallest absolute Gasteiger partial charge is 0.329 e. The molecule has 1 fully saturated rings. The van der Waals surface area contributed by atoms with Gasteiger partial charge in [0.2, 0.25) is 0 Å². The van der Waals surface area contributed by atoms with Crippen LogP contribution in [0.3, 0.4) is 0 Å². The number of hydrogen-bond acceptors (Lipinski definition) is 3. The molecule has 0 bridgehead atoms. The van der Waals surface area contributed by atoms with Gasteiger partial charge in [-0.15, -0.1) is 0 Å². The lowest BCUT2D eigenvalue weighted by Gasteiger charge is -2.18. The van der Waals surface area contributed by atoms with E-state index in [1.807, 2.05) is 13.8 Å². The first-order chi connectivity index (χ1) is 6.83. The van der Waals surface area contributed by atoms with E-state index in [1.165, 1.54) is 0 Å². The van der Waals surface area contributed by atoms with Gasteiger partial charge in [0, 0.05) is 12.6 Å². The second-order valence-corrected chi connectivity index (χ2v) is 3.98. The van der Waals surface area contributed by atoms with Gasteiger partial charge in [-0.1, -0.05) is 0 Å². The molecule has 1 unspecified atom stereocenters. The van der Waals surface area contributed by atoms with E-state index in [0.29, 0.717) is 0 Å². The Kier molecular flexibility index (Phi) is 3.62. The average Bonchev–Trinajstić information content (AvgIpc) is 2.37. The summed E-state index contributed by atoms with van der Waals surface area (Å²) < 4.78 is 31.3. The fourth-order valence-corrected chi connectivity index (χ4v) is 1.52. The molecule has 0 amide bonds. The number of carboxylic acid groups (broad SMARTS) is 1. The number of rotatable bonds is 4. The zero-order chi connectivity index (χ0) is 11.6. The van der Waals surface area contributed by atoms with E-state index < -0.39 is 24.6 Å². The molecule has 1 atom stereocenters. The van der Waals surface area contributed by atoms with Crippen LogP contribution in [0.25, 0.3) is 0 Å². The van der Waals surface area contributed by atoms with Crippen molar-refractivity contribution in [2.75, 3.05) is 19.7 Å². The highest BCUT2D eigenvalue weighted by Crippen LogP contribution is 2.30. The average molecular weight is 223 g/mol. The van der Waals surface area contributed by atoms with E-state index in [-0.39, 0.29) is 19.1 Å². The zero-order valence-electron chi connectivity index (χ0n) is 8.74. The summed E-state index contributed by atoms with van der Waals surface area (Å²) in [5.41, 5.74) is 0. The van der Waals surface area contributed by atoms with Crippen LogP contribution in [0.1, 0.15) is 13.8 Å². The van der Waals surface area contributed by atoms with Crippen LogP contribution in [-0.4, -0.2) is 53.7 Å². The molecule has 88 valence electrons. The normalized spacial score (nSPS) is 26.1. The number of aliphatic carboxylic acids is 1. The van der Waals surface area contributed by atoms with Gasteiger partial charge in [-0.3, -0.25) is 4.90 Å². The minimum absolute atomic E-state index is 0.00861. The van der Waals surface area contributed by atoms with E-state index >= 15 is 0 Å². The third-order valence-corrected chi connectivity index (χ3v) is 2.42. The first-order valence-electron chi connectivity index (χ1n) is 4.78. The van der Waals surface area contributed by atoms with Crippen molar-refractivity contribution in [1.29, 1.82) is 0 Å². The molecule has 0 aliphatic carbocycles. The number of halogens is 2. The first-order valence-corrected chi connectivity index (χ1v) is 4.78. The first kappa shape index (κ1) is 12.3. The standard InChI is InChI=1S/C9H15F2NO3/c1-6(2)12-3-7(9(10,11)5-12)15-4-8(13)14/h6-7H,3-5H2,1-2H3,(H,13,14). The molecule has 1 saturated heterocycles. The minimum Gasteiger partial charge on any atom is -0.480 e. The van der Waals surface area contributed by atoms with Crippen LogP contribution in [0.4, 0.5) is 8.78 Å². The van der Waals surface area contributed by atoms with E-state index in [4.69, 9.17) is 5.11 Å². The molecule has 6 heteroatoms. The van der Waals surface area contributed by atoms with Gasteiger partial charge < -0.3 is 9.84 Å². The number of ether oxygens (including phenoxy) is 1. The van der Waals surface area contributed by atoms with Crippen molar-refractivity contribution in [3.05, 3.63) is 0 Å². The Morgan fingerprint density at radius 2 is 2.27 bits per heavy atom. The molecule has 0 aromatic carbocycles. The summed E-state index contributed by atoms with van der Waals surface area (Å²) >= 11 is 0. The molecule has 0 aromatic heterocycles. The highest BCUT2D eigenvalue weighted by atomic mass is 19.3. The summed E-state index contributed by atoms with van der Waals surface area (Å²) in [6.45, 7) is 2.67. The number of hydrogen-bond donors (Lipinski definition) is 1. The largest absolute Gasteiger partial charge is 0.480 e. The van der Waals surface area contributed by atoms with Crippen LogP contribution in [0.5, 0.6) is 0 Å². The van der Waals surface area contributed by atoms with Crippen LogP contribution in [-0.2, 0) is 9.53 Å². The fourth-order valence-electron chi connectivity index (χ4n) is 1.52. The monoisotopic (exact) mass is 223 g/mol. The van der Waals surface area contributed by atoms with Crippen LogP contribution < -0.4 is 0 Å². The Balaban J connectivity index is 2.53. The van der Waals surface area contributed by atoms with Crippen molar-refractivity contribution in [1.82, 2.24) is 4.90 Å². The second kappa shape index (κ2) is 4.40. The third-order valence-electron chi connectivity index (χ3n) is 2.42.